The van der Waals surface area contributed by atoms with Crippen molar-refractivity contribution in [2.45, 2.75) is 62.6 Å². The molecule has 8 nitrogen and oxygen atoms in total. The highest BCUT2D eigenvalue weighted by atomic mass is 16.5. The van der Waals surface area contributed by atoms with Gasteiger partial charge in [0.2, 0.25) is 0 Å². The largest absolute Gasteiger partial charge is 0.376 e. The zero-order chi connectivity index (χ0) is 26.2. The third kappa shape index (κ3) is 4.87. The van der Waals surface area contributed by atoms with Crippen LogP contribution in [0.25, 0.3) is 11.1 Å². The second kappa shape index (κ2) is 10.2. The SMILES string of the molecule is O=C(c1ccc(-c2ccc3c(c2)NC2(CCCCCCCC2)N3)cc1)N1CCN(C(=O)C2(O)COC2)CC1. The van der Waals surface area contributed by atoms with Crippen LogP contribution in [-0.2, 0) is 9.53 Å². The lowest BCUT2D eigenvalue weighted by atomic mass is 9.98. The molecule has 3 fully saturated rings. The lowest BCUT2D eigenvalue weighted by Crippen LogP contribution is -2.64. The zero-order valence-electron chi connectivity index (χ0n) is 22.0. The lowest BCUT2D eigenvalue weighted by molar-refractivity contribution is -0.201. The number of hydrogen-bond acceptors (Lipinski definition) is 6. The minimum Gasteiger partial charge on any atom is -0.376 e. The van der Waals surface area contributed by atoms with Gasteiger partial charge in [0.1, 0.15) is 5.66 Å². The van der Waals surface area contributed by atoms with E-state index < -0.39 is 5.60 Å². The number of fused-ring (bicyclic) bond motifs is 1. The van der Waals surface area contributed by atoms with Crippen molar-refractivity contribution in [2.24, 2.45) is 0 Å². The molecule has 4 aliphatic rings. The van der Waals surface area contributed by atoms with E-state index in [1.165, 1.54) is 44.2 Å². The molecule has 2 aromatic rings. The maximum atomic E-state index is 13.1. The number of amides is 2. The number of anilines is 2. The van der Waals surface area contributed by atoms with Gasteiger partial charge in [0.25, 0.3) is 11.8 Å². The molecule has 0 radical (unpaired) electrons. The number of piperazine rings is 1. The highest BCUT2D eigenvalue weighted by Gasteiger charge is 2.47. The van der Waals surface area contributed by atoms with Crippen LogP contribution in [-0.4, -0.2) is 77.4 Å². The van der Waals surface area contributed by atoms with Gasteiger partial charge >= 0.3 is 0 Å². The van der Waals surface area contributed by atoms with E-state index in [1.54, 1.807) is 9.80 Å². The fourth-order valence-corrected chi connectivity index (χ4v) is 6.23. The third-order valence-corrected chi connectivity index (χ3v) is 8.62. The molecule has 1 spiro atoms. The molecule has 3 N–H and O–H groups in total. The minimum atomic E-state index is -1.39. The summed E-state index contributed by atoms with van der Waals surface area (Å²) in [5.41, 5.74) is 3.77. The smallest absolute Gasteiger partial charge is 0.259 e. The molecule has 3 heterocycles. The van der Waals surface area contributed by atoms with Gasteiger partial charge in [-0.05, 0) is 61.1 Å². The number of ether oxygens (including phenoxy) is 1. The van der Waals surface area contributed by atoms with Crippen molar-refractivity contribution >= 4 is 23.2 Å². The first kappa shape index (κ1) is 25.2. The molecule has 8 heteroatoms. The molecule has 0 unspecified atom stereocenters. The molecule has 202 valence electrons. The summed E-state index contributed by atoms with van der Waals surface area (Å²) in [7, 11) is 0. The summed E-state index contributed by atoms with van der Waals surface area (Å²) in [5.74, 6) is -0.327. The summed E-state index contributed by atoms with van der Waals surface area (Å²) in [4.78, 5) is 29.0. The van der Waals surface area contributed by atoms with Crippen molar-refractivity contribution in [1.82, 2.24) is 9.80 Å². The molecule has 2 amide bonds. The number of rotatable bonds is 3. The molecule has 0 atom stereocenters. The van der Waals surface area contributed by atoms with Crippen molar-refractivity contribution in [2.75, 3.05) is 50.0 Å². The maximum absolute atomic E-state index is 13.1. The Bertz CT molecular complexity index is 1180. The monoisotopic (exact) mass is 518 g/mol. The van der Waals surface area contributed by atoms with Gasteiger partial charge in [-0.2, -0.15) is 0 Å². The Hall–Kier alpha value is -3.10. The Morgan fingerprint density at radius 3 is 1.95 bits per heavy atom. The quantitative estimate of drug-likeness (QED) is 0.567. The Labute approximate surface area is 224 Å². The van der Waals surface area contributed by atoms with E-state index in [2.05, 4.69) is 28.8 Å². The van der Waals surface area contributed by atoms with Gasteiger partial charge in [0, 0.05) is 31.7 Å². The number of benzene rings is 2. The minimum absolute atomic E-state index is 0.0281. The lowest BCUT2D eigenvalue weighted by Gasteiger charge is -2.42. The van der Waals surface area contributed by atoms with Crippen LogP contribution in [0.5, 0.6) is 0 Å². The van der Waals surface area contributed by atoms with Crippen molar-refractivity contribution in [3.63, 3.8) is 0 Å². The molecule has 1 saturated carbocycles. The van der Waals surface area contributed by atoms with Crippen LogP contribution in [0.3, 0.4) is 0 Å². The first-order chi connectivity index (χ1) is 18.4. The maximum Gasteiger partial charge on any atom is 0.259 e. The van der Waals surface area contributed by atoms with E-state index in [0.717, 1.165) is 29.7 Å². The van der Waals surface area contributed by atoms with Gasteiger partial charge in [-0.25, -0.2) is 0 Å². The molecular formula is C30H38N4O4. The summed E-state index contributed by atoms with van der Waals surface area (Å²) in [6, 6.07) is 14.3. The zero-order valence-corrected chi connectivity index (χ0v) is 22.0. The van der Waals surface area contributed by atoms with Gasteiger partial charge in [-0.3, -0.25) is 9.59 Å². The van der Waals surface area contributed by atoms with Crippen molar-refractivity contribution in [1.29, 1.82) is 0 Å². The van der Waals surface area contributed by atoms with Crippen molar-refractivity contribution < 1.29 is 19.4 Å². The van der Waals surface area contributed by atoms with Gasteiger partial charge in [-0.1, -0.05) is 43.9 Å². The second-order valence-electron chi connectivity index (χ2n) is 11.4. The van der Waals surface area contributed by atoms with Gasteiger partial charge in [0.15, 0.2) is 5.60 Å². The first-order valence-electron chi connectivity index (χ1n) is 14.1. The van der Waals surface area contributed by atoms with Gasteiger partial charge in [-0.15, -0.1) is 0 Å². The standard InChI is InChI=1S/C30H38N4O4/c35-27(33-15-17-34(18-16-33)28(36)29(37)20-38-21-29)23-9-7-22(8-10-23)24-11-12-25-26(19-24)32-30(31-25)13-5-3-1-2-4-6-14-30/h7-12,19,31-32,37H,1-6,13-18,20-21H2. The number of carbonyl (C=O) groups excluding carboxylic acids is 2. The predicted octanol–water partition coefficient (Wildman–Crippen LogP) is 4.07. The predicted molar refractivity (Wildman–Crippen MR) is 147 cm³/mol. The average Bonchev–Trinajstić information content (AvgIpc) is 3.34. The molecule has 2 aromatic carbocycles. The molecule has 2 saturated heterocycles. The van der Waals surface area contributed by atoms with Crippen LogP contribution in [0.4, 0.5) is 11.4 Å². The number of nitrogens with zero attached hydrogens (tertiary/aromatic N) is 2. The number of carbonyl (C=O) groups is 2. The Morgan fingerprint density at radius 2 is 1.32 bits per heavy atom. The number of nitrogens with one attached hydrogen (secondary N) is 2. The molecule has 1 aliphatic carbocycles. The highest BCUT2D eigenvalue weighted by molar-refractivity contribution is 5.95. The fourth-order valence-electron chi connectivity index (χ4n) is 6.23. The van der Waals surface area contributed by atoms with Crippen LogP contribution in [0, 0.1) is 0 Å². The summed E-state index contributed by atoms with van der Waals surface area (Å²) < 4.78 is 5.00. The molecule has 38 heavy (non-hydrogen) atoms. The van der Waals surface area contributed by atoms with Crippen LogP contribution >= 0.6 is 0 Å². The van der Waals surface area contributed by atoms with E-state index in [-0.39, 0.29) is 30.7 Å². The van der Waals surface area contributed by atoms with E-state index in [4.69, 9.17) is 4.74 Å². The Morgan fingerprint density at radius 1 is 0.737 bits per heavy atom. The van der Waals surface area contributed by atoms with Crippen molar-refractivity contribution in [3.05, 3.63) is 48.0 Å². The van der Waals surface area contributed by atoms with Gasteiger partial charge < -0.3 is 30.3 Å². The molecule has 3 aliphatic heterocycles. The molecular weight excluding hydrogens is 480 g/mol. The van der Waals surface area contributed by atoms with Crippen LogP contribution in [0.15, 0.2) is 42.5 Å². The number of aliphatic hydroxyl groups is 1. The van der Waals surface area contributed by atoms with Crippen LogP contribution < -0.4 is 10.6 Å². The molecule has 0 aromatic heterocycles. The average molecular weight is 519 g/mol. The normalized spacial score (nSPS) is 22.2. The van der Waals surface area contributed by atoms with E-state index in [1.807, 2.05) is 24.3 Å². The second-order valence-corrected chi connectivity index (χ2v) is 11.4. The summed E-state index contributed by atoms with van der Waals surface area (Å²) >= 11 is 0. The van der Waals surface area contributed by atoms with Crippen LogP contribution in [0.1, 0.15) is 61.7 Å². The Balaban J connectivity index is 1.09. The molecule has 0 bridgehead atoms. The third-order valence-electron chi connectivity index (χ3n) is 8.62. The summed E-state index contributed by atoms with van der Waals surface area (Å²) in [5, 5.41) is 17.9. The van der Waals surface area contributed by atoms with E-state index in [9.17, 15) is 14.7 Å². The van der Waals surface area contributed by atoms with Crippen LogP contribution in [0.2, 0.25) is 0 Å². The van der Waals surface area contributed by atoms with E-state index >= 15 is 0 Å². The molecule has 6 rings (SSSR count). The highest BCUT2D eigenvalue weighted by Crippen LogP contribution is 2.42. The van der Waals surface area contributed by atoms with Crippen molar-refractivity contribution in [3.8, 4) is 11.1 Å². The number of hydrogen-bond donors (Lipinski definition) is 3. The van der Waals surface area contributed by atoms with Gasteiger partial charge in [0.05, 0.1) is 24.6 Å². The fraction of sp³-hybridized carbons (Fsp3) is 0.533. The summed E-state index contributed by atoms with van der Waals surface area (Å²) in [6.45, 7) is 1.85. The Kier molecular flexibility index (Phi) is 6.78. The van der Waals surface area contributed by atoms with E-state index in [0.29, 0.717) is 31.7 Å². The summed E-state index contributed by atoms with van der Waals surface area (Å²) in [6.07, 6.45) is 10.1. The first-order valence-corrected chi connectivity index (χ1v) is 14.1. The topological polar surface area (TPSA) is 94.1 Å².